The van der Waals surface area contributed by atoms with E-state index in [0.717, 1.165) is 0 Å². The Labute approximate surface area is 120 Å². The predicted molar refractivity (Wildman–Crippen MR) is 73.5 cm³/mol. The van der Waals surface area contributed by atoms with E-state index in [-0.39, 0.29) is 17.7 Å². The molecule has 0 saturated carbocycles. The van der Waals surface area contributed by atoms with Gasteiger partial charge in [0.1, 0.15) is 6.33 Å². The molecule has 8 heteroatoms. The third-order valence-corrected chi connectivity index (χ3v) is 3.28. The number of nitrogens with one attached hydrogen (secondary N) is 2. The molecule has 1 saturated heterocycles. The first-order valence-corrected chi connectivity index (χ1v) is 6.60. The van der Waals surface area contributed by atoms with E-state index >= 15 is 0 Å². The minimum atomic E-state index is -0.212. The number of hydrogen-bond donors (Lipinski definition) is 2. The number of imidazole rings is 1. The fourth-order valence-corrected chi connectivity index (χ4v) is 2.10. The molecule has 21 heavy (non-hydrogen) atoms. The van der Waals surface area contributed by atoms with Crippen LogP contribution >= 0.6 is 0 Å². The summed E-state index contributed by atoms with van der Waals surface area (Å²) in [4.78, 5) is 35.4. The maximum Gasteiger partial charge on any atom is 0.234 e. The molecule has 1 unspecified atom stereocenters. The third-order valence-electron chi connectivity index (χ3n) is 3.28. The fourth-order valence-electron chi connectivity index (χ4n) is 2.10. The van der Waals surface area contributed by atoms with Gasteiger partial charge in [-0.05, 0) is 6.42 Å². The molecule has 0 spiro atoms. The lowest BCUT2D eigenvalue weighted by Gasteiger charge is -2.21. The molecule has 0 radical (unpaired) electrons. The SMILES string of the molecule is O=C1CCC(C(=O)Nc2cnc(-n3ccnc3)nc2)CN1. The lowest BCUT2D eigenvalue weighted by Crippen LogP contribution is -2.40. The predicted octanol–water partition coefficient (Wildman–Crippen LogP) is 0.127. The van der Waals surface area contributed by atoms with Crippen molar-refractivity contribution in [1.82, 2.24) is 24.8 Å². The number of amides is 2. The monoisotopic (exact) mass is 286 g/mol. The van der Waals surface area contributed by atoms with Gasteiger partial charge in [0.05, 0.1) is 24.0 Å². The highest BCUT2D eigenvalue weighted by molar-refractivity contribution is 5.93. The maximum atomic E-state index is 12.1. The van der Waals surface area contributed by atoms with Crippen molar-refractivity contribution in [2.45, 2.75) is 12.8 Å². The summed E-state index contributed by atoms with van der Waals surface area (Å²) in [5.74, 6) is 0.132. The quantitative estimate of drug-likeness (QED) is 0.835. The standard InChI is InChI=1S/C13H14N6O2/c20-11-2-1-9(5-15-11)12(21)18-10-6-16-13(17-7-10)19-4-3-14-8-19/h3-4,6-9H,1-2,5H2,(H,15,20)(H,18,21). The van der Waals surface area contributed by atoms with Crippen molar-refractivity contribution in [3.05, 3.63) is 31.1 Å². The minimum absolute atomic E-state index is 0.00734. The van der Waals surface area contributed by atoms with Gasteiger partial charge in [-0.1, -0.05) is 0 Å². The summed E-state index contributed by atoms with van der Waals surface area (Å²) in [7, 11) is 0. The molecular formula is C13H14N6O2. The van der Waals surface area contributed by atoms with E-state index in [1.807, 2.05) is 0 Å². The highest BCUT2D eigenvalue weighted by atomic mass is 16.2. The van der Waals surface area contributed by atoms with Crippen LogP contribution in [0.3, 0.4) is 0 Å². The first-order chi connectivity index (χ1) is 10.2. The van der Waals surface area contributed by atoms with E-state index in [9.17, 15) is 9.59 Å². The Bertz CT molecular complexity index is 627. The van der Waals surface area contributed by atoms with Crippen LogP contribution < -0.4 is 10.6 Å². The fraction of sp³-hybridized carbons (Fsp3) is 0.308. The highest BCUT2D eigenvalue weighted by Crippen LogP contribution is 2.14. The van der Waals surface area contributed by atoms with Crippen LogP contribution in [-0.4, -0.2) is 37.9 Å². The first kappa shape index (κ1) is 13.2. The van der Waals surface area contributed by atoms with Gasteiger partial charge in [-0.3, -0.25) is 14.2 Å². The smallest absolute Gasteiger partial charge is 0.234 e. The van der Waals surface area contributed by atoms with Crippen molar-refractivity contribution in [2.24, 2.45) is 5.92 Å². The first-order valence-electron chi connectivity index (χ1n) is 6.60. The largest absolute Gasteiger partial charge is 0.355 e. The maximum absolute atomic E-state index is 12.1. The van der Waals surface area contributed by atoms with Gasteiger partial charge >= 0.3 is 0 Å². The summed E-state index contributed by atoms with van der Waals surface area (Å²) in [6, 6.07) is 0. The summed E-state index contributed by atoms with van der Waals surface area (Å²) in [5, 5.41) is 5.44. The van der Waals surface area contributed by atoms with Gasteiger partial charge in [0, 0.05) is 25.4 Å². The number of carbonyl (C=O) groups excluding carboxylic acids is 2. The zero-order valence-electron chi connectivity index (χ0n) is 11.2. The molecule has 3 rings (SSSR count). The Morgan fingerprint density at radius 2 is 2.19 bits per heavy atom. The van der Waals surface area contributed by atoms with Crippen LogP contribution in [0.1, 0.15) is 12.8 Å². The molecule has 2 aromatic heterocycles. The Kier molecular flexibility index (Phi) is 3.59. The number of rotatable bonds is 3. The van der Waals surface area contributed by atoms with Crippen LogP contribution in [0, 0.1) is 5.92 Å². The lowest BCUT2D eigenvalue weighted by molar-refractivity contribution is -0.126. The molecule has 2 N–H and O–H groups in total. The van der Waals surface area contributed by atoms with Crippen LogP contribution in [0.2, 0.25) is 0 Å². The Hall–Kier alpha value is -2.77. The van der Waals surface area contributed by atoms with E-state index in [1.54, 1.807) is 35.7 Å². The second kappa shape index (κ2) is 5.70. The van der Waals surface area contributed by atoms with Crippen LogP contribution in [0.5, 0.6) is 0 Å². The second-order valence-corrected chi connectivity index (χ2v) is 4.77. The zero-order valence-corrected chi connectivity index (χ0v) is 11.2. The molecule has 8 nitrogen and oxygen atoms in total. The van der Waals surface area contributed by atoms with E-state index < -0.39 is 0 Å². The molecule has 2 aromatic rings. The van der Waals surface area contributed by atoms with Gasteiger partial charge in [-0.25, -0.2) is 15.0 Å². The van der Waals surface area contributed by atoms with Crippen molar-refractivity contribution in [1.29, 1.82) is 0 Å². The summed E-state index contributed by atoms with van der Waals surface area (Å²) >= 11 is 0. The Morgan fingerprint density at radius 1 is 1.38 bits per heavy atom. The molecule has 2 amide bonds. The van der Waals surface area contributed by atoms with Crippen molar-refractivity contribution in [3.63, 3.8) is 0 Å². The summed E-state index contributed by atoms with van der Waals surface area (Å²) < 4.78 is 1.67. The molecular weight excluding hydrogens is 272 g/mol. The van der Waals surface area contributed by atoms with E-state index in [1.165, 1.54) is 0 Å². The van der Waals surface area contributed by atoms with E-state index in [4.69, 9.17) is 0 Å². The normalized spacial score (nSPS) is 18.1. The summed E-state index contributed by atoms with van der Waals surface area (Å²) in [5.41, 5.74) is 0.528. The Morgan fingerprint density at radius 3 is 2.81 bits per heavy atom. The third kappa shape index (κ3) is 3.04. The van der Waals surface area contributed by atoms with Crippen molar-refractivity contribution in [3.8, 4) is 5.95 Å². The number of carbonyl (C=O) groups is 2. The van der Waals surface area contributed by atoms with Crippen molar-refractivity contribution < 1.29 is 9.59 Å². The van der Waals surface area contributed by atoms with Gasteiger partial charge < -0.3 is 10.6 Å². The summed E-state index contributed by atoms with van der Waals surface area (Å²) in [6.07, 6.45) is 9.00. The van der Waals surface area contributed by atoms with Crippen LogP contribution in [-0.2, 0) is 9.59 Å². The van der Waals surface area contributed by atoms with Gasteiger partial charge in [-0.15, -0.1) is 0 Å². The summed E-state index contributed by atoms with van der Waals surface area (Å²) in [6.45, 7) is 0.374. The van der Waals surface area contributed by atoms with Crippen LogP contribution in [0.25, 0.3) is 5.95 Å². The molecule has 1 aliphatic rings. The molecule has 3 heterocycles. The minimum Gasteiger partial charge on any atom is -0.355 e. The lowest BCUT2D eigenvalue weighted by atomic mass is 9.98. The number of nitrogens with zero attached hydrogens (tertiary/aromatic N) is 4. The van der Waals surface area contributed by atoms with Crippen molar-refractivity contribution in [2.75, 3.05) is 11.9 Å². The highest BCUT2D eigenvalue weighted by Gasteiger charge is 2.24. The van der Waals surface area contributed by atoms with Gasteiger partial charge in [0.15, 0.2) is 0 Å². The number of aromatic nitrogens is 4. The molecule has 108 valence electrons. The Balaban J connectivity index is 1.62. The molecule has 1 atom stereocenters. The average Bonchev–Trinajstić information content (AvgIpc) is 3.03. The second-order valence-electron chi connectivity index (χ2n) is 4.77. The number of piperidine rings is 1. The van der Waals surface area contributed by atoms with E-state index in [2.05, 4.69) is 25.6 Å². The van der Waals surface area contributed by atoms with Gasteiger partial charge in [0.2, 0.25) is 17.8 Å². The molecule has 1 aliphatic heterocycles. The van der Waals surface area contributed by atoms with E-state index in [0.29, 0.717) is 31.0 Å². The number of anilines is 1. The number of hydrogen-bond acceptors (Lipinski definition) is 5. The molecule has 1 fully saturated rings. The molecule has 0 aromatic carbocycles. The van der Waals surface area contributed by atoms with Crippen LogP contribution in [0.15, 0.2) is 31.1 Å². The molecule has 0 bridgehead atoms. The topological polar surface area (TPSA) is 102 Å². The van der Waals surface area contributed by atoms with Crippen molar-refractivity contribution >= 4 is 17.5 Å². The molecule has 0 aliphatic carbocycles. The van der Waals surface area contributed by atoms with Gasteiger partial charge in [-0.2, -0.15) is 0 Å². The van der Waals surface area contributed by atoms with Gasteiger partial charge in [0.25, 0.3) is 0 Å². The average molecular weight is 286 g/mol. The zero-order chi connectivity index (χ0) is 14.7. The van der Waals surface area contributed by atoms with Crippen LogP contribution in [0.4, 0.5) is 5.69 Å².